The van der Waals surface area contributed by atoms with Gasteiger partial charge in [-0.05, 0) is 50.6 Å². The molecule has 0 aromatic heterocycles. The molecule has 1 fully saturated rings. The van der Waals surface area contributed by atoms with Crippen LogP contribution in [0.3, 0.4) is 0 Å². The van der Waals surface area contributed by atoms with Crippen LogP contribution in [0.1, 0.15) is 43.0 Å². The lowest BCUT2D eigenvalue weighted by Crippen LogP contribution is -2.42. The lowest BCUT2D eigenvalue weighted by Gasteiger charge is -2.36. The van der Waals surface area contributed by atoms with E-state index in [9.17, 15) is 4.79 Å². The second-order valence-corrected chi connectivity index (χ2v) is 5.68. The number of carbonyl (C=O) groups is 1. The second kappa shape index (κ2) is 6.94. The van der Waals surface area contributed by atoms with Crippen molar-refractivity contribution in [3.8, 4) is 11.5 Å². The average molecular weight is 291 g/mol. The van der Waals surface area contributed by atoms with Crippen molar-refractivity contribution in [1.29, 1.82) is 0 Å². The van der Waals surface area contributed by atoms with Crippen molar-refractivity contribution < 1.29 is 14.3 Å². The van der Waals surface area contributed by atoms with Gasteiger partial charge in [0.25, 0.3) is 0 Å². The van der Waals surface area contributed by atoms with E-state index in [4.69, 9.17) is 9.47 Å². The van der Waals surface area contributed by atoms with Crippen LogP contribution in [0.5, 0.6) is 11.5 Å². The molecule has 1 aliphatic heterocycles. The van der Waals surface area contributed by atoms with Gasteiger partial charge in [0.1, 0.15) is 0 Å². The zero-order valence-electron chi connectivity index (χ0n) is 13.2. The van der Waals surface area contributed by atoms with Gasteiger partial charge >= 0.3 is 0 Å². The number of ether oxygens (including phenoxy) is 2. The van der Waals surface area contributed by atoms with E-state index in [1.165, 1.54) is 0 Å². The molecule has 1 saturated heterocycles. The maximum absolute atomic E-state index is 13.1. The molecule has 0 saturated carbocycles. The third kappa shape index (κ3) is 3.21. The van der Waals surface area contributed by atoms with Gasteiger partial charge in [-0.1, -0.05) is 13.3 Å². The molecule has 116 valence electrons. The van der Waals surface area contributed by atoms with E-state index in [1.54, 1.807) is 20.3 Å². The van der Waals surface area contributed by atoms with Crippen LogP contribution < -0.4 is 14.8 Å². The van der Waals surface area contributed by atoms with E-state index < -0.39 is 0 Å². The Morgan fingerprint density at radius 3 is 2.43 bits per heavy atom. The number of rotatable bonds is 6. The van der Waals surface area contributed by atoms with E-state index >= 15 is 0 Å². The maximum Gasteiger partial charge on any atom is 0.169 e. The Balaban J connectivity index is 2.32. The third-order valence-electron chi connectivity index (χ3n) is 4.42. The van der Waals surface area contributed by atoms with Gasteiger partial charge < -0.3 is 14.8 Å². The summed E-state index contributed by atoms with van der Waals surface area (Å²) in [6, 6.07) is 5.47. The fourth-order valence-corrected chi connectivity index (χ4v) is 3.26. The van der Waals surface area contributed by atoms with Crippen LogP contribution in [-0.4, -0.2) is 33.1 Å². The van der Waals surface area contributed by atoms with Crippen molar-refractivity contribution in [2.24, 2.45) is 5.41 Å². The molecule has 0 bridgehead atoms. The van der Waals surface area contributed by atoms with Gasteiger partial charge in [-0.25, -0.2) is 0 Å². The molecule has 0 aliphatic carbocycles. The maximum atomic E-state index is 13.1. The van der Waals surface area contributed by atoms with Crippen molar-refractivity contribution in [1.82, 2.24) is 5.32 Å². The number of nitrogens with one attached hydrogen (secondary N) is 1. The normalized spacial score (nSPS) is 17.3. The third-order valence-corrected chi connectivity index (χ3v) is 4.42. The number of carbonyl (C=O) groups excluding carboxylic acids is 1. The Kier molecular flexibility index (Phi) is 5.23. The first-order valence-electron chi connectivity index (χ1n) is 7.64. The molecule has 0 atom stereocenters. The van der Waals surface area contributed by atoms with Gasteiger partial charge in [-0.3, -0.25) is 4.79 Å². The van der Waals surface area contributed by atoms with Crippen LogP contribution in [-0.2, 0) is 0 Å². The standard InChI is InChI=1S/C17H25NO3/c1-4-7-17(8-10-18-11-9-17)16(19)13-5-6-14(20-2)15(12-13)21-3/h5-6,12,18H,4,7-11H2,1-3H3. The largest absolute Gasteiger partial charge is 0.493 e. The minimum absolute atomic E-state index is 0.223. The summed E-state index contributed by atoms with van der Waals surface area (Å²) in [7, 11) is 3.20. The predicted octanol–water partition coefficient (Wildman–Crippen LogP) is 3.06. The summed E-state index contributed by atoms with van der Waals surface area (Å²) in [5.41, 5.74) is 0.502. The minimum Gasteiger partial charge on any atom is -0.493 e. The number of methoxy groups -OCH3 is 2. The number of piperidine rings is 1. The quantitative estimate of drug-likeness (QED) is 0.818. The molecule has 1 N–H and O–H groups in total. The summed E-state index contributed by atoms with van der Waals surface area (Å²) in [6.07, 6.45) is 3.79. The van der Waals surface area contributed by atoms with Gasteiger partial charge in [-0.15, -0.1) is 0 Å². The molecule has 0 radical (unpaired) electrons. The molecule has 1 aromatic rings. The molecule has 0 spiro atoms. The monoisotopic (exact) mass is 291 g/mol. The van der Waals surface area contributed by atoms with Crippen molar-refractivity contribution in [3.05, 3.63) is 23.8 Å². The first-order valence-corrected chi connectivity index (χ1v) is 7.64. The summed E-state index contributed by atoms with van der Waals surface area (Å²) < 4.78 is 10.6. The van der Waals surface area contributed by atoms with Crippen molar-refractivity contribution >= 4 is 5.78 Å². The molecular formula is C17H25NO3. The van der Waals surface area contributed by atoms with Crippen molar-refractivity contribution in [3.63, 3.8) is 0 Å². The van der Waals surface area contributed by atoms with Crippen LogP contribution in [0, 0.1) is 5.41 Å². The van der Waals surface area contributed by atoms with Crippen LogP contribution in [0.2, 0.25) is 0 Å². The molecule has 4 heteroatoms. The van der Waals surface area contributed by atoms with E-state index in [1.807, 2.05) is 12.1 Å². The lowest BCUT2D eigenvalue weighted by atomic mass is 9.70. The number of benzene rings is 1. The predicted molar refractivity (Wildman–Crippen MR) is 83.3 cm³/mol. The summed E-state index contributed by atoms with van der Waals surface area (Å²) in [6.45, 7) is 3.98. The molecule has 1 aliphatic rings. The molecule has 0 unspecified atom stereocenters. The minimum atomic E-state index is -0.223. The van der Waals surface area contributed by atoms with Gasteiger partial charge in [-0.2, -0.15) is 0 Å². The highest BCUT2D eigenvalue weighted by Gasteiger charge is 2.39. The molecule has 4 nitrogen and oxygen atoms in total. The molecule has 21 heavy (non-hydrogen) atoms. The zero-order valence-corrected chi connectivity index (χ0v) is 13.2. The van der Waals surface area contributed by atoms with E-state index in [-0.39, 0.29) is 11.2 Å². The highest BCUT2D eigenvalue weighted by atomic mass is 16.5. The highest BCUT2D eigenvalue weighted by molar-refractivity contribution is 6.01. The van der Waals surface area contributed by atoms with E-state index in [2.05, 4.69) is 12.2 Å². The Bertz CT molecular complexity index is 487. The molecule has 2 rings (SSSR count). The van der Waals surface area contributed by atoms with Crippen LogP contribution in [0.25, 0.3) is 0 Å². The summed E-state index contributed by atoms with van der Waals surface area (Å²) in [5, 5.41) is 3.35. The summed E-state index contributed by atoms with van der Waals surface area (Å²) in [4.78, 5) is 13.1. The number of hydrogen-bond donors (Lipinski definition) is 1. The Labute approximate surface area is 126 Å². The van der Waals surface area contributed by atoms with Crippen LogP contribution in [0.15, 0.2) is 18.2 Å². The fraction of sp³-hybridized carbons (Fsp3) is 0.588. The van der Waals surface area contributed by atoms with Gasteiger partial charge in [0.05, 0.1) is 14.2 Å². The van der Waals surface area contributed by atoms with E-state index in [0.717, 1.165) is 44.3 Å². The Morgan fingerprint density at radius 1 is 1.19 bits per heavy atom. The SMILES string of the molecule is CCCC1(C(=O)c2ccc(OC)c(OC)c2)CCNCC1. The molecule has 1 heterocycles. The van der Waals surface area contributed by atoms with Gasteiger partial charge in [0.15, 0.2) is 17.3 Å². The Morgan fingerprint density at radius 2 is 1.86 bits per heavy atom. The number of hydrogen-bond acceptors (Lipinski definition) is 4. The first-order chi connectivity index (χ1) is 10.2. The zero-order chi connectivity index (χ0) is 15.3. The highest BCUT2D eigenvalue weighted by Crippen LogP contribution is 2.39. The molecule has 0 amide bonds. The van der Waals surface area contributed by atoms with E-state index in [0.29, 0.717) is 11.5 Å². The van der Waals surface area contributed by atoms with Crippen molar-refractivity contribution in [2.75, 3.05) is 27.3 Å². The number of Topliss-reactive ketones (excluding diaryl/α,β-unsaturated/α-hetero) is 1. The van der Waals surface area contributed by atoms with Crippen molar-refractivity contribution in [2.45, 2.75) is 32.6 Å². The lowest BCUT2D eigenvalue weighted by molar-refractivity contribution is 0.0704. The number of ketones is 1. The average Bonchev–Trinajstić information content (AvgIpc) is 2.54. The summed E-state index contributed by atoms with van der Waals surface area (Å²) in [5.74, 6) is 1.51. The smallest absolute Gasteiger partial charge is 0.169 e. The summed E-state index contributed by atoms with van der Waals surface area (Å²) >= 11 is 0. The Hall–Kier alpha value is -1.55. The van der Waals surface area contributed by atoms with Crippen LogP contribution in [0.4, 0.5) is 0 Å². The molecule has 1 aromatic carbocycles. The van der Waals surface area contributed by atoms with Crippen LogP contribution >= 0.6 is 0 Å². The van der Waals surface area contributed by atoms with Gasteiger partial charge in [0.2, 0.25) is 0 Å². The molecular weight excluding hydrogens is 266 g/mol. The second-order valence-electron chi connectivity index (χ2n) is 5.68. The van der Waals surface area contributed by atoms with Gasteiger partial charge in [0, 0.05) is 11.0 Å². The first kappa shape index (κ1) is 15.8. The fourth-order valence-electron chi connectivity index (χ4n) is 3.26. The topological polar surface area (TPSA) is 47.6 Å².